The van der Waals surface area contributed by atoms with Crippen LogP contribution in [0.4, 0.5) is 5.95 Å². The number of ether oxygens (including phenoxy) is 2. The number of carbonyl (C=O) groups is 2. The minimum absolute atomic E-state index is 0.165. The van der Waals surface area contributed by atoms with Gasteiger partial charge in [0.25, 0.3) is 0 Å². The van der Waals surface area contributed by atoms with E-state index < -0.39 is 23.8 Å². The highest BCUT2D eigenvalue weighted by Gasteiger charge is 2.47. The van der Waals surface area contributed by atoms with Gasteiger partial charge in [0.1, 0.15) is 5.69 Å². The molecule has 0 saturated carbocycles. The molecule has 0 aliphatic rings. The maximum Gasteiger partial charge on any atom is 0.341 e. The van der Waals surface area contributed by atoms with E-state index in [1.165, 1.54) is 26.5 Å². The average Bonchev–Trinajstić information content (AvgIpc) is 2.63. The van der Waals surface area contributed by atoms with E-state index in [1.54, 1.807) is 30.3 Å². The van der Waals surface area contributed by atoms with Crippen LogP contribution in [0.25, 0.3) is 0 Å². The number of carboxylic acid groups (broad SMARTS) is 2. The van der Waals surface area contributed by atoms with Gasteiger partial charge in [-0.2, -0.15) is 0 Å². The molecule has 0 amide bonds. The van der Waals surface area contributed by atoms with Gasteiger partial charge in [-0.05, 0) is 11.6 Å². The lowest BCUT2D eigenvalue weighted by molar-refractivity contribution is -0.155. The van der Waals surface area contributed by atoms with E-state index in [2.05, 4.69) is 15.3 Å². The van der Waals surface area contributed by atoms with Crippen molar-refractivity contribution in [1.29, 1.82) is 0 Å². The zero-order chi connectivity index (χ0) is 19.2. The van der Waals surface area contributed by atoms with E-state index in [1.807, 2.05) is 0 Å². The summed E-state index contributed by atoms with van der Waals surface area (Å²) in [6, 6.07) is 9.95. The van der Waals surface area contributed by atoms with Crippen molar-refractivity contribution in [2.24, 2.45) is 0 Å². The Morgan fingerprint density at radius 3 is 2.27 bits per heavy atom. The molecule has 0 radical (unpaired) electrons. The van der Waals surface area contributed by atoms with E-state index in [9.17, 15) is 19.8 Å². The Labute approximate surface area is 149 Å². The summed E-state index contributed by atoms with van der Waals surface area (Å²) in [7, 11) is 2.83. The second-order valence-corrected chi connectivity index (χ2v) is 5.41. The minimum atomic E-state index is -2.34. The van der Waals surface area contributed by atoms with Gasteiger partial charge >= 0.3 is 11.9 Å². The Morgan fingerprint density at radius 1 is 1.12 bits per heavy atom. The third kappa shape index (κ3) is 4.13. The van der Waals surface area contributed by atoms with Crippen molar-refractivity contribution in [3.8, 4) is 0 Å². The molecule has 0 bridgehead atoms. The Morgan fingerprint density at radius 2 is 1.73 bits per heavy atom. The molecule has 138 valence electrons. The molecule has 9 nitrogen and oxygen atoms in total. The first-order valence-corrected chi connectivity index (χ1v) is 7.60. The summed E-state index contributed by atoms with van der Waals surface area (Å²) in [6.45, 7) is 0. The number of aliphatic carboxylic acids is 2. The highest BCUT2D eigenvalue weighted by Crippen LogP contribution is 2.21. The summed E-state index contributed by atoms with van der Waals surface area (Å²) in [6.07, 6.45) is 0.258. The summed E-state index contributed by atoms with van der Waals surface area (Å²) >= 11 is 0. The maximum atomic E-state index is 11.9. The van der Waals surface area contributed by atoms with Crippen LogP contribution in [0.15, 0.2) is 42.6 Å². The van der Waals surface area contributed by atoms with E-state index in [0.29, 0.717) is 11.3 Å². The molecule has 0 atom stereocenters. The number of anilines is 1. The molecule has 3 N–H and O–H groups in total. The second kappa shape index (κ2) is 8.37. The zero-order valence-corrected chi connectivity index (χ0v) is 14.2. The molecule has 0 unspecified atom stereocenters. The zero-order valence-electron chi connectivity index (χ0n) is 14.2. The first kappa shape index (κ1) is 19.3. The highest BCUT2D eigenvalue weighted by molar-refractivity contribution is 6.06. The maximum absolute atomic E-state index is 11.9. The molecule has 0 aliphatic carbocycles. The largest absolute Gasteiger partial charge is 0.479 e. The van der Waals surface area contributed by atoms with Gasteiger partial charge in [-0.3, -0.25) is 0 Å². The first-order chi connectivity index (χ1) is 12.4. The molecule has 2 aromatic rings. The SMILES string of the molecule is COC(OC)c1ccnc(NC(Cc2ccccc2)(C(=O)O)C(=O)O)n1. The van der Waals surface area contributed by atoms with Crippen LogP contribution >= 0.6 is 0 Å². The number of hydrogen-bond donors (Lipinski definition) is 3. The number of nitrogens with one attached hydrogen (secondary N) is 1. The molecule has 9 heteroatoms. The van der Waals surface area contributed by atoms with Gasteiger partial charge in [0.15, 0.2) is 0 Å². The fourth-order valence-electron chi connectivity index (χ4n) is 2.39. The predicted octanol–water partition coefficient (Wildman–Crippen LogP) is 1.33. The van der Waals surface area contributed by atoms with E-state index in [-0.39, 0.29) is 12.4 Å². The van der Waals surface area contributed by atoms with Gasteiger partial charge in [0.05, 0.1) is 0 Å². The third-order valence-electron chi connectivity index (χ3n) is 3.71. The van der Waals surface area contributed by atoms with Crippen molar-refractivity contribution in [3.05, 3.63) is 53.9 Å². The van der Waals surface area contributed by atoms with Crippen LogP contribution in [0.5, 0.6) is 0 Å². The van der Waals surface area contributed by atoms with Gasteiger partial charge in [-0.25, -0.2) is 19.6 Å². The molecule has 0 saturated heterocycles. The first-order valence-electron chi connectivity index (χ1n) is 7.60. The summed E-state index contributed by atoms with van der Waals surface area (Å²) in [5, 5.41) is 21.7. The molecule has 0 fully saturated rings. The molecule has 26 heavy (non-hydrogen) atoms. The number of rotatable bonds is 9. The second-order valence-electron chi connectivity index (χ2n) is 5.41. The smallest absolute Gasteiger partial charge is 0.341 e. The Bertz CT molecular complexity index is 750. The van der Waals surface area contributed by atoms with Gasteiger partial charge in [0, 0.05) is 26.8 Å². The van der Waals surface area contributed by atoms with Crippen LogP contribution in [0.1, 0.15) is 17.5 Å². The Kier molecular flexibility index (Phi) is 6.21. The molecule has 2 rings (SSSR count). The third-order valence-corrected chi connectivity index (χ3v) is 3.71. The van der Waals surface area contributed by atoms with E-state index in [0.717, 1.165) is 0 Å². The molecule has 0 spiro atoms. The summed E-state index contributed by atoms with van der Waals surface area (Å²) in [4.78, 5) is 31.7. The summed E-state index contributed by atoms with van der Waals surface area (Å²) < 4.78 is 10.2. The number of carboxylic acids is 2. The van der Waals surface area contributed by atoms with Crippen molar-refractivity contribution >= 4 is 17.9 Å². The fourth-order valence-corrected chi connectivity index (χ4v) is 2.39. The van der Waals surface area contributed by atoms with Crippen LogP contribution in [0.2, 0.25) is 0 Å². The normalized spacial score (nSPS) is 11.3. The van der Waals surface area contributed by atoms with Gasteiger partial charge < -0.3 is 25.0 Å². The molecular weight excluding hydrogens is 342 g/mol. The van der Waals surface area contributed by atoms with E-state index >= 15 is 0 Å². The number of benzene rings is 1. The lowest BCUT2D eigenvalue weighted by Crippen LogP contribution is -2.55. The molecule has 1 heterocycles. The number of aromatic nitrogens is 2. The van der Waals surface area contributed by atoms with Gasteiger partial charge in [-0.1, -0.05) is 30.3 Å². The topological polar surface area (TPSA) is 131 Å². The quantitative estimate of drug-likeness (QED) is 0.447. The fraction of sp³-hybridized carbons (Fsp3) is 0.294. The molecular formula is C17H19N3O6. The highest BCUT2D eigenvalue weighted by atomic mass is 16.7. The van der Waals surface area contributed by atoms with Crippen molar-refractivity contribution in [1.82, 2.24) is 9.97 Å². The van der Waals surface area contributed by atoms with Crippen molar-refractivity contribution in [3.63, 3.8) is 0 Å². The Balaban J connectivity index is 2.40. The molecule has 1 aromatic heterocycles. The summed E-state index contributed by atoms with van der Waals surface area (Å²) in [5.41, 5.74) is -1.49. The van der Waals surface area contributed by atoms with Gasteiger partial charge in [-0.15, -0.1) is 0 Å². The van der Waals surface area contributed by atoms with Crippen molar-refractivity contribution in [2.45, 2.75) is 18.2 Å². The number of nitrogens with zero attached hydrogens (tertiary/aromatic N) is 2. The minimum Gasteiger partial charge on any atom is -0.479 e. The average molecular weight is 361 g/mol. The van der Waals surface area contributed by atoms with Crippen LogP contribution < -0.4 is 5.32 Å². The predicted molar refractivity (Wildman–Crippen MR) is 90.6 cm³/mol. The van der Waals surface area contributed by atoms with Crippen molar-refractivity contribution < 1.29 is 29.3 Å². The van der Waals surface area contributed by atoms with Crippen LogP contribution in [0.3, 0.4) is 0 Å². The van der Waals surface area contributed by atoms with Crippen LogP contribution in [-0.2, 0) is 25.5 Å². The Hall–Kier alpha value is -3.04. The standard InChI is InChI=1S/C17H19N3O6/c1-25-13(26-2)12-8-9-18-16(19-12)20-17(14(21)22,15(23)24)10-11-6-4-3-5-7-11/h3-9,13H,10H2,1-2H3,(H,21,22)(H,23,24)(H,18,19,20). The van der Waals surface area contributed by atoms with Crippen LogP contribution in [0, 0.1) is 0 Å². The monoisotopic (exact) mass is 361 g/mol. The van der Waals surface area contributed by atoms with E-state index in [4.69, 9.17) is 9.47 Å². The summed E-state index contributed by atoms with van der Waals surface area (Å²) in [5.74, 6) is -3.28. The molecule has 1 aromatic carbocycles. The number of methoxy groups -OCH3 is 2. The molecule has 0 aliphatic heterocycles. The van der Waals surface area contributed by atoms with Gasteiger partial charge in [0.2, 0.25) is 17.8 Å². The lowest BCUT2D eigenvalue weighted by atomic mass is 9.91. The lowest BCUT2D eigenvalue weighted by Gasteiger charge is -2.26. The van der Waals surface area contributed by atoms with Crippen molar-refractivity contribution in [2.75, 3.05) is 19.5 Å². The number of hydrogen-bond acceptors (Lipinski definition) is 7. The van der Waals surface area contributed by atoms with Crippen LogP contribution in [-0.4, -0.2) is 51.9 Å².